The first-order chi connectivity index (χ1) is 14.3. The largest absolute Gasteiger partial charge is 0.454 e. The Hall–Kier alpha value is -3.29. The zero-order valence-electron chi connectivity index (χ0n) is 17.2. The Balaban J connectivity index is 1.40. The molecule has 2 fully saturated rings. The number of fused-ring (bicyclic) bond motifs is 1. The Bertz CT molecular complexity index is 1100. The van der Waals surface area contributed by atoms with E-state index in [2.05, 4.69) is 9.88 Å². The molecule has 1 aromatic carbocycles. The fourth-order valence-electron chi connectivity index (χ4n) is 4.43. The quantitative estimate of drug-likeness (QED) is 0.606. The Morgan fingerprint density at radius 3 is 2.63 bits per heavy atom. The number of nitrogens with one attached hydrogen (secondary N) is 1. The SMILES string of the molecule is Cc1cc(C(=O)CN2C(=O)N[C@@](C)(c3ccc4c(c3)OCO4)C2=O)c(C)n1C1CC1. The molecule has 1 aliphatic carbocycles. The van der Waals surface area contributed by atoms with Crippen molar-refractivity contribution in [3.8, 4) is 11.5 Å². The minimum Gasteiger partial charge on any atom is -0.454 e. The summed E-state index contributed by atoms with van der Waals surface area (Å²) in [6.45, 7) is 5.36. The molecule has 1 atom stereocenters. The number of Topliss-reactive ketones (excluding diaryl/α,β-unsaturated/α-hetero) is 1. The van der Waals surface area contributed by atoms with Crippen molar-refractivity contribution in [2.24, 2.45) is 0 Å². The Kier molecular flexibility index (Phi) is 3.96. The van der Waals surface area contributed by atoms with Crippen molar-refractivity contribution in [1.82, 2.24) is 14.8 Å². The van der Waals surface area contributed by atoms with Crippen LogP contribution in [-0.2, 0) is 10.3 Å². The molecule has 3 amide bonds. The van der Waals surface area contributed by atoms with Crippen LogP contribution in [0.4, 0.5) is 4.79 Å². The topological polar surface area (TPSA) is 89.9 Å². The van der Waals surface area contributed by atoms with Crippen LogP contribution in [0, 0.1) is 13.8 Å². The standard InChI is InChI=1S/C22H23N3O5/c1-12-8-16(13(2)25(12)15-5-6-15)17(26)10-24-20(27)22(3,23-21(24)28)14-4-7-18-19(9-14)30-11-29-18/h4,7-9,15H,5-6,10-11H2,1-3H3,(H,23,28)/t22-/m0/s1. The third-order valence-electron chi connectivity index (χ3n) is 6.22. The van der Waals surface area contributed by atoms with Crippen LogP contribution in [0.25, 0.3) is 0 Å². The molecule has 30 heavy (non-hydrogen) atoms. The molecule has 8 nitrogen and oxygen atoms in total. The highest BCUT2D eigenvalue weighted by Crippen LogP contribution is 2.39. The number of carbonyl (C=O) groups excluding carboxylic acids is 3. The fraction of sp³-hybridized carbons (Fsp3) is 0.409. The maximum absolute atomic E-state index is 13.2. The summed E-state index contributed by atoms with van der Waals surface area (Å²) in [6, 6.07) is 6.85. The maximum Gasteiger partial charge on any atom is 0.325 e. The van der Waals surface area contributed by atoms with E-state index in [4.69, 9.17) is 9.47 Å². The van der Waals surface area contributed by atoms with Gasteiger partial charge in [0.1, 0.15) is 5.54 Å². The van der Waals surface area contributed by atoms with Crippen LogP contribution in [-0.4, -0.2) is 40.5 Å². The Labute approximate surface area is 173 Å². The van der Waals surface area contributed by atoms with Crippen LogP contribution in [0.15, 0.2) is 24.3 Å². The lowest BCUT2D eigenvalue weighted by Crippen LogP contribution is -2.41. The molecule has 2 aliphatic heterocycles. The van der Waals surface area contributed by atoms with Gasteiger partial charge < -0.3 is 19.4 Å². The third kappa shape index (κ3) is 2.70. The minimum absolute atomic E-state index is 0.121. The van der Waals surface area contributed by atoms with Crippen LogP contribution in [0.1, 0.15) is 53.1 Å². The van der Waals surface area contributed by atoms with Gasteiger partial charge in [0.2, 0.25) is 6.79 Å². The van der Waals surface area contributed by atoms with E-state index in [0.29, 0.717) is 28.7 Å². The first-order valence-corrected chi connectivity index (χ1v) is 10.1. The molecule has 0 bridgehead atoms. The second kappa shape index (κ2) is 6.35. The molecule has 2 aromatic rings. The number of ether oxygens (including phenoxy) is 2. The summed E-state index contributed by atoms with van der Waals surface area (Å²) in [5, 5.41) is 2.74. The van der Waals surface area contributed by atoms with Crippen LogP contribution in [0.3, 0.4) is 0 Å². The number of hydrogen-bond acceptors (Lipinski definition) is 5. The van der Waals surface area contributed by atoms with E-state index in [1.807, 2.05) is 19.9 Å². The zero-order chi connectivity index (χ0) is 21.2. The molecule has 0 radical (unpaired) electrons. The number of urea groups is 1. The highest BCUT2D eigenvalue weighted by atomic mass is 16.7. The van der Waals surface area contributed by atoms with Gasteiger partial charge in [0, 0.05) is 23.0 Å². The lowest BCUT2D eigenvalue weighted by atomic mass is 9.91. The van der Waals surface area contributed by atoms with E-state index in [1.54, 1.807) is 25.1 Å². The number of amides is 3. The molecule has 3 heterocycles. The number of aromatic nitrogens is 1. The molecular formula is C22H23N3O5. The molecular weight excluding hydrogens is 386 g/mol. The predicted molar refractivity (Wildman–Crippen MR) is 107 cm³/mol. The summed E-state index contributed by atoms with van der Waals surface area (Å²) < 4.78 is 12.9. The fourth-order valence-corrected chi connectivity index (χ4v) is 4.43. The lowest BCUT2D eigenvalue weighted by molar-refractivity contribution is -0.130. The Morgan fingerprint density at radius 2 is 1.90 bits per heavy atom. The normalized spacial score (nSPS) is 22.6. The molecule has 1 N–H and O–H groups in total. The predicted octanol–water partition coefficient (Wildman–Crippen LogP) is 2.82. The van der Waals surface area contributed by atoms with Gasteiger partial charge in [-0.25, -0.2) is 4.79 Å². The number of nitrogens with zero attached hydrogens (tertiary/aromatic N) is 2. The number of aryl methyl sites for hydroxylation is 1. The number of imide groups is 1. The van der Waals surface area contributed by atoms with Gasteiger partial charge in [-0.15, -0.1) is 0 Å². The summed E-state index contributed by atoms with van der Waals surface area (Å²) in [7, 11) is 0. The monoisotopic (exact) mass is 409 g/mol. The van der Waals surface area contributed by atoms with E-state index in [9.17, 15) is 14.4 Å². The van der Waals surface area contributed by atoms with Gasteiger partial charge in [0.25, 0.3) is 5.91 Å². The van der Waals surface area contributed by atoms with E-state index in [-0.39, 0.29) is 19.1 Å². The third-order valence-corrected chi connectivity index (χ3v) is 6.22. The summed E-state index contributed by atoms with van der Waals surface area (Å²) in [5.41, 5.74) is 1.79. The highest BCUT2D eigenvalue weighted by molar-refractivity contribution is 6.11. The second-order valence-electron chi connectivity index (χ2n) is 8.32. The van der Waals surface area contributed by atoms with Crippen molar-refractivity contribution in [1.29, 1.82) is 0 Å². The molecule has 0 unspecified atom stereocenters. The van der Waals surface area contributed by atoms with Crippen LogP contribution in [0.5, 0.6) is 11.5 Å². The smallest absolute Gasteiger partial charge is 0.325 e. The van der Waals surface area contributed by atoms with E-state index >= 15 is 0 Å². The maximum atomic E-state index is 13.2. The van der Waals surface area contributed by atoms with Gasteiger partial charge in [-0.1, -0.05) is 6.07 Å². The number of carbonyl (C=O) groups is 3. The summed E-state index contributed by atoms with van der Waals surface area (Å²) >= 11 is 0. The number of benzene rings is 1. The van der Waals surface area contributed by atoms with Crippen LogP contribution in [0.2, 0.25) is 0 Å². The van der Waals surface area contributed by atoms with Gasteiger partial charge in [0.15, 0.2) is 17.3 Å². The zero-order valence-corrected chi connectivity index (χ0v) is 17.2. The van der Waals surface area contributed by atoms with E-state index in [0.717, 1.165) is 29.1 Å². The summed E-state index contributed by atoms with van der Waals surface area (Å²) in [4.78, 5) is 39.8. The molecule has 1 aromatic heterocycles. The van der Waals surface area contributed by atoms with Crippen molar-refractivity contribution in [2.75, 3.05) is 13.3 Å². The van der Waals surface area contributed by atoms with Crippen molar-refractivity contribution < 1.29 is 23.9 Å². The van der Waals surface area contributed by atoms with Gasteiger partial charge in [0.05, 0.1) is 6.54 Å². The van der Waals surface area contributed by atoms with E-state index < -0.39 is 17.5 Å². The first-order valence-electron chi connectivity index (χ1n) is 10.1. The van der Waals surface area contributed by atoms with Crippen molar-refractivity contribution in [3.05, 3.63) is 46.8 Å². The summed E-state index contributed by atoms with van der Waals surface area (Å²) in [5.74, 6) is 0.416. The van der Waals surface area contributed by atoms with Crippen molar-refractivity contribution >= 4 is 17.7 Å². The number of hydrogen-bond donors (Lipinski definition) is 1. The molecule has 156 valence electrons. The second-order valence-corrected chi connectivity index (χ2v) is 8.32. The molecule has 1 saturated heterocycles. The van der Waals surface area contributed by atoms with Gasteiger partial charge in [-0.05, 0) is 57.4 Å². The minimum atomic E-state index is -1.27. The van der Waals surface area contributed by atoms with Crippen LogP contribution < -0.4 is 14.8 Å². The molecule has 5 rings (SSSR count). The average Bonchev–Trinajstić information content (AvgIpc) is 3.27. The lowest BCUT2D eigenvalue weighted by Gasteiger charge is -2.22. The molecule has 8 heteroatoms. The summed E-state index contributed by atoms with van der Waals surface area (Å²) in [6.07, 6.45) is 2.23. The van der Waals surface area contributed by atoms with Gasteiger partial charge in [-0.2, -0.15) is 0 Å². The average molecular weight is 409 g/mol. The molecule has 1 saturated carbocycles. The highest BCUT2D eigenvalue weighted by Gasteiger charge is 2.50. The Morgan fingerprint density at radius 1 is 1.17 bits per heavy atom. The van der Waals surface area contributed by atoms with Gasteiger partial charge in [-0.3, -0.25) is 14.5 Å². The molecule has 3 aliphatic rings. The van der Waals surface area contributed by atoms with Crippen molar-refractivity contribution in [3.63, 3.8) is 0 Å². The number of ketones is 1. The van der Waals surface area contributed by atoms with E-state index in [1.165, 1.54) is 0 Å². The first kappa shape index (κ1) is 18.7. The van der Waals surface area contributed by atoms with Gasteiger partial charge >= 0.3 is 6.03 Å². The number of rotatable bonds is 5. The van der Waals surface area contributed by atoms with Crippen molar-refractivity contribution in [2.45, 2.75) is 45.2 Å². The van der Waals surface area contributed by atoms with Crippen LogP contribution >= 0.6 is 0 Å². The molecule has 0 spiro atoms.